The van der Waals surface area contributed by atoms with E-state index >= 15 is 0 Å². The van der Waals surface area contributed by atoms with Crippen molar-refractivity contribution in [2.75, 3.05) is 11.9 Å². The first-order valence-electron chi connectivity index (χ1n) is 9.99. The summed E-state index contributed by atoms with van der Waals surface area (Å²) in [7, 11) is 0. The van der Waals surface area contributed by atoms with Crippen molar-refractivity contribution in [2.24, 2.45) is 10.9 Å². The zero-order chi connectivity index (χ0) is 20.4. The summed E-state index contributed by atoms with van der Waals surface area (Å²) in [6.07, 6.45) is 3.43. The summed E-state index contributed by atoms with van der Waals surface area (Å²) in [6.45, 7) is 2.13. The Morgan fingerprint density at radius 3 is 2.45 bits per heavy atom. The predicted molar refractivity (Wildman–Crippen MR) is 110 cm³/mol. The molecular formula is C23H24FN3O2. The van der Waals surface area contributed by atoms with E-state index in [9.17, 15) is 14.0 Å². The van der Waals surface area contributed by atoms with Gasteiger partial charge in [-0.15, -0.1) is 0 Å². The van der Waals surface area contributed by atoms with Gasteiger partial charge in [0.05, 0.1) is 0 Å². The van der Waals surface area contributed by atoms with Crippen LogP contribution in [0.4, 0.5) is 10.1 Å². The van der Waals surface area contributed by atoms with Crippen molar-refractivity contribution in [3.63, 3.8) is 0 Å². The van der Waals surface area contributed by atoms with Gasteiger partial charge in [-0.25, -0.2) is 4.39 Å². The van der Waals surface area contributed by atoms with Crippen LogP contribution in [0.5, 0.6) is 0 Å². The van der Waals surface area contributed by atoms with E-state index in [0.717, 1.165) is 31.2 Å². The van der Waals surface area contributed by atoms with Gasteiger partial charge in [0.15, 0.2) is 0 Å². The molecule has 1 heterocycles. The molecule has 4 rings (SSSR count). The van der Waals surface area contributed by atoms with Gasteiger partial charge in [-0.3, -0.25) is 14.6 Å². The van der Waals surface area contributed by atoms with Crippen LogP contribution in [0.2, 0.25) is 0 Å². The van der Waals surface area contributed by atoms with Crippen molar-refractivity contribution in [1.82, 2.24) is 4.90 Å². The van der Waals surface area contributed by atoms with Gasteiger partial charge in [0.25, 0.3) is 5.91 Å². The van der Waals surface area contributed by atoms with Crippen LogP contribution in [-0.2, 0) is 9.59 Å². The second-order valence-corrected chi connectivity index (χ2v) is 7.94. The maximum absolute atomic E-state index is 13.3. The lowest BCUT2D eigenvalue weighted by atomic mass is 9.82. The molecule has 5 nitrogen and oxygen atoms in total. The third-order valence-corrected chi connectivity index (χ3v) is 5.82. The molecule has 0 saturated heterocycles. The third-order valence-electron chi connectivity index (χ3n) is 5.82. The Bertz CT molecular complexity index is 932. The molecule has 29 heavy (non-hydrogen) atoms. The molecule has 0 radical (unpaired) electrons. The highest BCUT2D eigenvalue weighted by molar-refractivity contribution is 6.47. The van der Waals surface area contributed by atoms with Crippen LogP contribution in [0.3, 0.4) is 0 Å². The molecule has 2 aliphatic rings. The third kappa shape index (κ3) is 3.92. The van der Waals surface area contributed by atoms with Crippen LogP contribution in [-0.4, -0.2) is 34.6 Å². The number of amides is 2. The lowest BCUT2D eigenvalue weighted by Gasteiger charge is -2.40. The number of carbonyl (C=O) groups excluding carboxylic acids is 2. The molecule has 1 aliphatic heterocycles. The lowest BCUT2D eigenvalue weighted by Crippen LogP contribution is -2.51. The van der Waals surface area contributed by atoms with Crippen LogP contribution in [0, 0.1) is 11.7 Å². The molecule has 1 N–H and O–H groups in total. The van der Waals surface area contributed by atoms with E-state index in [2.05, 4.69) is 12.2 Å². The molecule has 0 unspecified atom stereocenters. The molecule has 1 saturated carbocycles. The number of rotatable bonds is 4. The SMILES string of the molecule is CC1CCC2(CC1)N=C(c1ccccc1)C(=O)N2CC(=O)Nc1ccc(F)cc1. The fraction of sp³-hybridized carbons (Fsp3) is 0.348. The molecule has 6 heteroatoms. The highest BCUT2D eigenvalue weighted by atomic mass is 19.1. The second-order valence-electron chi connectivity index (χ2n) is 7.94. The van der Waals surface area contributed by atoms with Crippen LogP contribution in [0.1, 0.15) is 38.2 Å². The molecule has 1 fully saturated rings. The fourth-order valence-electron chi connectivity index (χ4n) is 4.12. The first-order valence-corrected chi connectivity index (χ1v) is 9.99. The van der Waals surface area contributed by atoms with E-state index in [1.165, 1.54) is 24.3 Å². The van der Waals surface area contributed by atoms with Crippen LogP contribution in [0.25, 0.3) is 0 Å². The molecular weight excluding hydrogens is 369 g/mol. The standard InChI is InChI=1S/C23H24FN3O2/c1-16-11-13-23(14-12-16)26-21(17-5-3-2-4-6-17)22(29)27(23)15-20(28)25-19-9-7-18(24)8-10-19/h2-10,16H,11-15H2,1H3,(H,25,28). The van der Waals surface area contributed by atoms with E-state index in [4.69, 9.17) is 4.99 Å². The number of hydrogen-bond acceptors (Lipinski definition) is 3. The van der Waals surface area contributed by atoms with Crippen molar-refractivity contribution < 1.29 is 14.0 Å². The molecule has 2 aromatic rings. The number of aliphatic imine (C=N–C) groups is 1. The monoisotopic (exact) mass is 393 g/mol. The van der Waals surface area contributed by atoms with E-state index in [1.54, 1.807) is 4.90 Å². The van der Waals surface area contributed by atoms with E-state index in [0.29, 0.717) is 17.3 Å². The number of hydrogen-bond donors (Lipinski definition) is 1. The van der Waals surface area contributed by atoms with E-state index < -0.39 is 5.66 Å². The number of carbonyl (C=O) groups is 2. The maximum Gasteiger partial charge on any atom is 0.275 e. The molecule has 1 spiro atoms. The quantitative estimate of drug-likeness (QED) is 0.853. The van der Waals surface area contributed by atoms with Gasteiger partial charge in [0.1, 0.15) is 23.7 Å². The van der Waals surface area contributed by atoms with Crippen molar-refractivity contribution >= 4 is 23.2 Å². The number of nitrogens with zero attached hydrogens (tertiary/aromatic N) is 2. The molecule has 1 aliphatic carbocycles. The summed E-state index contributed by atoms with van der Waals surface area (Å²) >= 11 is 0. The molecule has 150 valence electrons. The minimum atomic E-state index is -0.658. The van der Waals surface area contributed by atoms with Gasteiger partial charge in [-0.1, -0.05) is 37.3 Å². The van der Waals surface area contributed by atoms with Gasteiger partial charge in [-0.05, 0) is 55.9 Å². The zero-order valence-electron chi connectivity index (χ0n) is 16.4. The molecule has 0 atom stereocenters. The molecule has 2 aromatic carbocycles. The Balaban J connectivity index is 1.58. The Morgan fingerprint density at radius 2 is 1.79 bits per heavy atom. The number of benzene rings is 2. The van der Waals surface area contributed by atoms with Crippen molar-refractivity contribution in [3.8, 4) is 0 Å². The Morgan fingerprint density at radius 1 is 1.14 bits per heavy atom. The molecule has 0 bridgehead atoms. The number of anilines is 1. The van der Waals surface area contributed by atoms with Crippen molar-refractivity contribution in [2.45, 2.75) is 38.3 Å². The van der Waals surface area contributed by atoms with Gasteiger partial charge in [0, 0.05) is 11.3 Å². The van der Waals surface area contributed by atoms with E-state index in [1.807, 2.05) is 30.3 Å². The minimum Gasteiger partial charge on any atom is -0.325 e. The largest absolute Gasteiger partial charge is 0.325 e. The normalized spacial score (nSPS) is 23.9. The highest BCUT2D eigenvalue weighted by Gasteiger charge is 2.49. The van der Waals surface area contributed by atoms with Gasteiger partial charge in [-0.2, -0.15) is 0 Å². The van der Waals surface area contributed by atoms with Crippen LogP contribution in [0.15, 0.2) is 59.6 Å². The Hall–Kier alpha value is -3.02. The zero-order valence-corrected chi connectivity index (χ0v) is 16.4. The summed E-state index contributed by atoms with van der Waals surface area (Å²) in [6, 6.07) is 15.0. The smallest absolute Gasteiger partial charge is 0.275 e. The molecule has 2 amide bonds. The van der Waals surface area contributed by atoms with Crippen LogP contribution < -0.4 is 5.32 Å². The average Bonchev–Trinajstić information content (AvgIpc) is 2.99. The first kappa shape index (κ1) is 19.3. The lowest BCUT2D eigenvalue weighted by molar-refractivity contribution is -0.134. The summed E-state index contributed by atoms with van der Waals surface area (Å²) in [5.74, 6) is -0.303. The minimum absolute atomic E-state index is 0.0789. The van der Waals surface area contributed by atoms with Gasteiger partial charge < -0.3 is 10.2 Å². The van der Waals surface area contributed by atoms with Crippen LogP contribution >= 0.6 is 0 Å². The Kier molecular flexibility index (Phi) is 5.18. The second kappa shape index (κ2) is 7.78. The summed E-state index contributed by atoms with van der Waals surface area (Å²) < 4.78 is 13.1. The summed E-state index contributed by atoms with van der Waals surface area (Å²) in [4.78, 5) is 32.4. The highest BCUT2D eigenvalue weighted by Crippen LogP contribution is 2.41. The fourth-order valence-corrected chi connectivity index (χ4v) is 4.12. The number of nitrogens with one attached hydrogen (secondary N) is 1. The van der Waals surface area contributed by atoms with Crippen molar-refractivity contribution in [3.05, 3.63) is 66.0 Å². The van der Waals surface area contributed by atoms with E-state index in [-0.39, 0.29) is 24.2 Å². The van der Waals surface area contributed by atoms with Gasteiger partial charge in [0.2, 0.25) is 5.91 Å². The summed E-state index contributed by atoms with van der Waals surface area (Å²) in [5.41, 5.74) is 1.04. The molecule has 0 aromatic heterocycles. The predicted octanol–water partition coefficient (Wildman–Crippen LogP) is 4.00. The van der Waals surface area contributed by atoms with Gasteiger partial charge >= 0.3 is 0 Å². The van der Waals surface area contributed by atoms with Crippen molar-refractivity contribution in [1.29, 1.82) is 0 Å². The Labute approximate surface area is 169 Å². The topological polar surface area (TPSA) is 61.8 Å². The first-order chi connectivity index (χ1) is 14.0. The average molecular weight is 393 g/mol. The maximum atomic E-state index is 13.3. The number of halogens is 1. The summed E-state index contributed by atoms with van der Waals surface area (Å²) in [5, 5.41) is 2.75.